The fourth-order valence-electron chi connectivity index (χ4n) is 2.78. The minimum absolute atomic E-state index is 0.0295. The van der Waals surface area contributed by atoms with E-state index >= 15 is 0 Å². The lowest BCUT2D eigenvalue weighted by Crippen LogP contribution is -2.14. The number of hydrogen-bond donors (Lipinski definition) is 0. The predicted octanol–water partition coefficient (Wildman–Crippen LogP) is 2.54. The Morgan fingerprint density at radius 3 is 2.36 bits per heavy atom. The molecule has 1 fully saturated rings. The van der Waals surface area contributed by atoms with Crippen molar-refractivity contribution in [2.45, 2.75) is 32.6 Å². The van der Waals surface area contributed by atoms with Crippen LogP contribution in [0.5, 0.6) is 0 Å². The molecular weight excluding hydrogens is 176 g/mol. The summed E-state index contributed by atoms with van der Waals surface area (Å²) in [5, 5.41) is 0. The molecular formula is C12H18O2. The van der Waals surface area contributed by atoms with Crippen molar-refractivity contribution in [2.24, 2.45) is 17.8 Å². The maximum absolute atomic E-state index is 11.5. The molecule has 2 aliphatic rings. The monoisotopic (exact) mass is 194 g/mol. The van der Waals surface area contributed by atoms with Gasteiger partial charge in [-0.15, -0.1) is 0 Å². The maximum Gasteiger partial charge on any atom is 0.308 e. The molecule has 0 aromatic rings. The summed E-state index contributed by atoms with van der Waals surface area (Å²) in [6, 6.07) is 0. The predicted molar refractivity (Wildman–Crippen MR) is 54.7 cm³/mol. The van der Waals surface area contributed by atoms with Crippen LogP contribution in [-0.4, -0.2) is 12.6 Å². The van der Waals surface area contributed by atoms with E-state index in [9.17, 15) is 4.79 Å². The van der Waals surface area contributed by atoms with Crippen molar-refractivity contribution < 1.29 is 9.53 Å². The van der Waals surface area contributed by atoms with Crippen molar-refractivity contribution in [3.05, 3.63) is 12.2 Å². The number of fused-ring (bicyclic) bond motifs is 1. The molecule has 0 aromatic heterocycles. The van der Waals surface area contributed by atoms with Crippen molar-refractivity contribution in [3.8, 4) is 0 Å². The first-order valence-corrected chi connectivity index (χ1v) is 5.63. The van der Waals surface area contributed by atoms with Gasteiger partial charge in [-0.05, 0) is 44.4 Å². The minimum Gasteiger partial charge on any atom is -0.466 e. The highest BCUT2D eigenvalue weighted by Gasteiger charge is 2.38. The third-order valence-electron chi connectivity index (χ3n) is 3.51. The van der Waals surface area contributed by atoms with E-state index in [0.29, 0.717) is 6.61 Å². The van der Waals surface area contributed by atoms with Gasteiger partial charge in [0.05, 0.1) is 12.5 Å². The highest BCUT2D eigenvalue weighted by atomic mass is 16.5. The zero-order chi connectivity index (χ0) is 9.97. The first kappa shape index (κ1) is 9.75. The molecule has 0 amide bonds. The largest absolute Gasteiger partial charge is 0.466 e. The molecule has 78 valence electrons. The Morgan fingerprint density at radius 1 is 1.29 bits per heavy atom. The van der Waals surface area contributed by atoms with Crippen molar-refractivity contribution in [1.29, 1.82) is 0 Å². The van der Waals surface area contributed by atoms with Crippen LogP contribution in [0.2, 0.25) is 0 Å². The second-order valence-corrected chi connectivity index (χ2v) is 4.38. The molecule has 1 unspecified atom stereocenters. The van der Waals surface area contributed by atoms with Gasteiger partial charge in [-0.25, -0.2) is 0 Å². The molecule has 0 bridgehead atoms. The highest BCUT2D eigenvalue weighted by Crippen LogP contribution is 2.43. The number of allylic oxidation sites excluding steroid dienone is 2. The number of carbonyl (C=O) groups excluding carboxylic acids is 1. The zero-order valence-corrected chi connectivity index (χ0v) is 8.74. The van der Waals surface area contributed by atoms with Crippen LogP contribution in [0, 0.1) is 17.8 Å². The van der Waals surface area contributed by atoms with Gasteiger partial charge in [-0.1, -0.05) is 12.2 Å². The van der Waals surface area contributed by atoms with Crippen LogP contribution in [0.1, 0.15) is 32.6 Å². The Labute approximate surface area is 85.3 Å². The third kappa shape index (κ3) is 1.84. The van der Waals surface area contributed by atoms with Crippen LogP contribution in [0.3, 0.4) is 0 Å². The van der Waals surface area contributed by atoms with Gasteiger partial charge in [0.25, 0.3) is 0 Å². The summed E-state index contributed by atoms with van der Waals surface area (Å²) in [5.41, 5.74) is 0. The number of hydrogen-bond acceptors (Lipinski definition) is 2. The molecule has 2 aliphatic carbocycles. The van der Waals surface area contributed by atoms with Crippen LogP contribution in [-0.2, 0) is 9.53 Å². The Bertz CT molecular complexity index is 229. The van der Waals surface area contributed by atoms with Gasteiger partial charge >= 0.3 is 5.97 Å². The standard InChI is InChI=1S/C12H18O2/c1-2-14-12(13)11-7-9-5-3-4-6-10(9)8-11/h3-4,9-11H,2,5-8H2,1H3/t9-,10+,11?. The smallest absolute Gasteiger partial charge is 0.308 e. The molecule has 0 saturated heterocycles. The van der Waals surface area contributed by atoms with Gasteiger partial charge in [-0.3, -0.25) is 4.79 Å². The molecule has 2 nitrogen and oxygen atoms in total. The molecule has 0 N–H and O–H groups in total. The van der Waals surface area contributed by atoms with Gasteiger partial charge in [0.2, 0.25) is 0 Å². The minimum atomic E-state index is 0.0295. The van der Waals surface area contributed by atoms with Gasteiger partial charge in [0.1, 0.15) is 0 Å². The first-order valence-electron chi connectivity index (χ1n) is 5.63. The average Bonchev–Trinajstić information content (AvgIpc) is 2.61. The molecule has 0 spiro atoms. The highest BCUT2D eigenvalue weighted by molar-refractivity contribution is 5.72. The molecule has 3 atom stereocenters. The molecule has 14 heavy (non-hydrogen) atoms. The van der Waals surface area contributed by atoms with E-state index in [2.05, 4.69) is 12.2 Å². The van der Waals surface area contributed by atoms with Crippen molar-refractivity contribution in [3.63, 3.8) is 0 Å². The van der Waals surface area contributed by atoms with E-state index in [1.165, 1.54) is 12.8 Å². The number of carbonyl (C=O) groups is 1. The second kappa shape index (κ2) is 4.16. The topological polar surface area (TPSA) is 26.3 Å². The fourth-order valence-corrected chi connectivity index (χ4v) is 2.78. The fraction of sp³-hybridized carbons (Fsp3) is 0.750. The number of rotatable bonds is 2. The lowest BCUT2D eigenvalue weighted by molar-refractivity contribution is -0.147. The molecule has 0 aromatic carbocycles. The molecule has 2 heteroatoms. The average molecular weight is 194 g/mol. The van der Waals surface area contributed by atoms with E-state index < -0.39 is 0 Å². The third-order valence-corrected chi connectivity index (χ3v) is 3.51. The van der Waals surface area contributed by atoms with Crippen LogP contribution in [0.4, 0.5) is 0 Å². The summed E-state index contributed by atoms with van der Waals surface area (Å²) in [7, 11) is 0. The van der Waals surface area contributed by atoms with Gasteiger partial charge in [0, 0.05) is 0 Å². The van der Waals surface area contributed by atoms with Crippen molar-refractivity contribution >= 4 is 5.97 Å². The molecule has 0 aliphatic heterocycles. The summed E-state index contributed by atoms with van der Waals surface area (Å²) in [6.07, 6.45) is 8.95. The number of ether oxygens (including phenoxy) is 1. The Balaban J connectivity index is 1.91. The summed E-state index contributed by atoms with van der Waals surface area (Å²) in [4.78, 5) is 11.5. The van der Waals surface area contributed by atoms with Gasteiger partial charge in [0.15, 0.2) is 0 Å². The van der Waals surface area contributed by atoms with Crippen LogP contribution in [0.25, 0.3) is 0 Å². The van der Waals surface area contributed by atoms with Crippen molar-refractivity contribution in [1.82, 2.24) is 0 Å². The van der Waals surface area contributed by atoms with Gasteiger partial charge < -0.3 is 4.74 Å². The normalized spacial score (nSPS) is 35.4. The van der Waals surface area contributed by atoms with E-state index in [1.807, 2.05) is 6.92 Å². The summed E-state index contributed by atoms with van der Waals surface area (Å²) < 4.78 is 5.07. The van der Waals surface area contributed by atoms with Crippen molar-refractivity contribution in [2.75, 3.05) is 6.61 Å². The zero-order valence-electron chi connectivity index (χ0n) is 8.74. The number of esters is 1. The Hall–Kier alpha value is -0.790. The summed E-state index contributed by atoms with van der Waals surface area (Å²) in [6.45, 7) is 2.39. The van der Waals surface area contributed by atoms with E-state index in [0.717, 1.165) is 24.7 Å². The molecule has 0 radical (unpaired) electrons. The quantitative estimate of drug-likeness (QED) is 0.499. The summed E-state index contributed by atoms with van der Waals surface area (Å²) in [5.74, 6) is 1.70. The van der Waals surface area contributed by atoms with Crippen LogP contribution in [0.15, 0.2) is 12.2 Å². The van der Waals surface area contributed by atoms with E-state index in [4.69, 9.17) is 4.74 Å². The lowest BCUT2D eigenvalue weighted by Gasteiger charge is -2.19. The van der Waals surface area contributed by atoms with Crippen LogP contribution < -0.4 is 0 Å². The summed E-state index contributed by atoms with van der Waals surface area (Å²) >= 11 is 0. The van der Waals surface area contributed by atoms with Gasteiger partial charge in [-0.2, -0.15) is 0 Å². The second-order valence-electron chi connectivity index (χ2n) is 4.38. The lowest BCUT2D eigenvalue weighted by atomic mass is 9.86. The SMILES string of the molecule is CCOC(=O)C1C[C@H]2CC=CC[C@H]2C1. The van der Waals surface area contributed by atoms with Crippen LogP contribution >= 0.6 is 0 Å². The van der Waals surface area contributed by atoms with E-state index in [-0.39, 0.29) is 11.9 Å². The molecule has 1 saturated carbocycles. The Kier molecular flexibility index (Phi) is 2.90. The first-order chi connectivity index (χ1) is 6.81. The Morgan fingerprint density at radius 2 is 1.86 bits per heavy atom. The molecule has 0 heterocycles. The van der Waals surface area contributed by atoms with E-state index in [1.54, 1.807) is 0 Å². The molecule has 2 rings (SSSR count). The maximum atomic E-state index is 11.5.